The van der Waals surface area contributed by atoms with Gasteiger partial charge in [0.25, 0.3) is 0 Å². The number of benzene rings is 23. The summed E-state index contributed by atoms with van der Waals surface area (Å²) in [6.07, 6.45) is 0. The van der Waals surface area contributed by atoms with E-state index in [4.69, 9.17) is 58.1 Å². The minimum Gasteiger partial charge on any atom is -0.455 e. The third kappa shape index (κ3) is 16.2. The molecule has 0 spiro atoms. The molecule has 0 unspecified atom stereocenters. The third-order valence-corrected chi connectivity index (χ3v) is 28.3. The van der Waals surface area contributed by atoms with Crippen LogP contribution >= 0.6 is 0 Å². The van der Waals surface area contributed by atoms with Crippen molar-refractivity contribution >= 4 is 120 Å². The SMILES string of the molecule is c1ccc(-c2ccccc2-c2nc(-c3ccc(-c4ccc5ccccc5c4)c4ccccc34)nc(-c3cccc4c3oc3ccccc34)n2)cc1.c1ccc(-c2ccccc2-c2nc(-c3ccc(-c4cccc5ccccc45)c4ccccc34)nc(-c3cccc4c3oc3ccccc34)n2)cc1.c1ccc(-c2ccccc2-c2nc(-c3ccc(-c4ccccc4)c4ccccc34)nc(-c3cccc4c3oc3ccccc34)n2)cc1. The maximum atomic E-state index is 6.49. The first-order valence-electron chi connectivity index (χ1n) is 49.9. The van der Waals surface area contributed by atoms with Crippen LogP contribution in [0, 0.1) is 0 Å². The molecule has 0 N–H and O–H groups in total. The summed E-state index contributed by atoms with van der Waals surface area (Å²) >= 11 is 0. The highest BCUT2D eigenvalue weighted by Gasteiger charge is 2.28. The van der Waals surface area contributed by atoms with Crippen molar-refractivity contribution < 1.29 is 13.3 Å². The Morgan fingerprint density at radius 2 is 0.322 bits per heavy atom. The summed E-state index contributed by atoms with van der Waals surface area (Å²) in [5, 5.41) is 17.8. The van der Waals surface area contributed by atoms with Crippen LogP contribution in [0.4, 0.5) is 0 Å². The molecule has 0 fully saturated rings. The van der Waals surface area contributed by atoms with Gasteiger partial charge in [0.2, 0.25) is 0 Å². The molecule has 0 aliphatic rings. The van der Waals surface area contributed by atoms with Gasteiger partial charge in [-0.05, 0) is 181 Å². The molecule has 0 bridgehead atoms. The van der Waals surface area contributed by atoms with E-state index >= 15 is 0 Å². The van der Waals surface area contributed by atoms with Gasteiger partial charge >= 0.3 is 0 Å². The molecule has 0 radical (unpaired) electrons. The molecule has 6 heterocycles. The molecule has 0 saturated heterocycles. The fourth-order valence-electron chi connectivity index (χ4n) is 21.3. The van der Waals surface area contributed by atoms with Crippen LogP contribution in [0.5, 0.6) is 0 Å². The van der Waals surface area contributed by atoms with E-state index in [1.165, 1.54) is 49.4 Å². The molecule has 0 aliphatic heterocycles. The highest BCUT2D eigenvalue weighted by atomic mass is 16.3. The van der Waals surface area contributed by atoms with Crippen molar-refractivity contribution in [3.8, 4) is 169 Å². The molecule has 29 rings (SSSR count). The van der Waals surface area contributed by atoms with Gasteiger partial charge in [0.15, 0.2) is 52.4 Å². The van der Waals surface area contributed by atoms with Crippen molar-refractivity contribution in [2.45, 2.75) is 0 Å². The summed E-state index contributed by atoms with van der Waals surface area (Å²) in [6, 6.07) is 178. The Balaban J connectivity index is 0.000000110. The molecule has 696 valence electrons. The standard InChI is InChI=1S/2C47H29N3O.C43H27N3O/c1-2-14-30(15-3-1)33-19-6-9-23-40(33)45-48-46(50-47(49-45)42-26-13-25-39-38-22-10-11-27-43(38)51-44(39)42)41-29-28-37(35-20-7-8-21-36(35)41)34-24-12-17-31-16-4-5-18-32(31)34;1-2-14-31(15-3-1)34-17-6-9-21-40(34)45-48-46(50-47(49-45)42-23-12-22-39-38-20-10-11-24-43(38)51-44(39)42)41-28-27-35(36-18-7-8-19-37(36)41)33-26-25-30-13-4-5-16-32(30)29-33;1-3-14-28(15-4-1)30-18-7-10-22-36(30)41-44-42(37-27-26-31(29-16-5-2-6-17-29)32-19-8-9-20-33(32)37)46-43(45-41)38-24-13-23-35-34-21-11-12-25-39(34)47-40(35)38/h2*1-29H;1-27H. The van der Waals surface area contributed by atoms with E-state index in [-0.39, 0.29) is 0 Å². The second kappa shape index (κ2) is 37.9. The first kappa shape index (κ1) is 87.8. The molecule has 0 amide bonds. The zero-order valence-corrected chi connectivity index (χ0v) is 80.3. The van der Waals surface area contributed by atoms with Crippen LogP contribution in [0.3, 0.4) is 0 Å². The molecule has 12 heteroatoms. The zero-order chi connectivity index (χ0) is 98.6. The van der Waals surface area contributed by atoms with Crippen molar-refractivity contribution in [1.29, 1.82) is 0 Å². The number of rotatable bonds is 15. The Hall–Kier alpha value is -20.2. The highest BCUT2D eigenvalue weighted by Crippen LogP contribution is 2.48. The van der Waals surface area contributed by atoms with Crippen LogP contribution in [0.25, 0.3) is 289 Å². The van der Waals surface area contributed by atoms with Crippen LogP contribution in [0.15, 0.2) is 529 Å². The number of fused-ring (bicyclic) bond motifs is 14. The number of aromatic nitrogens is 9. The van der Waals surface area contributed by atoms with Crippen LogP contribution < -0.4 is 0 Å². The van der Waals surface area contributed by atoms with Crippen LogP contribution in [-0.2, 0) is 0 Å². The van der Waals surface area contributed by atoms with Gasteiger partial charge in [-0.2, -0.15) is 0 Å². The van der Waals surface area contributed by atoms with Gasteiger partial charge in [-0.1, -0.05) is 455 Å². The Labute approximate surface area is 856 Å². The molecular weight excluding hydrogens is 1820 g/mol. The zero-order valence-electron chi connectivity index (χ0n) is 80.3. The average Bonchev–Trinajstić information content (AvgIpc) is 1.68. The van der Waals surface area contributed by atoms with E-state index in [9.17, 15) is 0 Å². The molecule has 0 aliphatic carbocycles. The Morgan fingerprint density at radius 3 is 0.691 bits per heavy atom. The molecule has 6 aromatic heterocycles. The molecule has 12 nitrogen and oxygen atoms in total. The summed E-state index contributed by atoms with van der Waals surface area (Å²) in [4.78, 5) is 47.0. The molecule has 149 heavy (non-hydrogen) atoms. The predicted molar refractivity (Wildman–Crippen MR) is 610 cm³/mol. The second-order valence-corrected chi connectivity index (χ2v) is 37.1. The van der Waals surface area contributed by atoms with E-state index in [0.717, 1.165) is 187 Å². The van der Waals surface area contributed by atoms with Crippen LogP contribution in [-0.4, -0.2) is 44.9 Å². The molecule has 23 aromatic carbocycles. The maximum Gasteiger partial charge on any atom is 0.167 e. The van der Waals surface area contributed by atoms with Crippen LogP contribution in [0.1, 0.15) is 0 Å². The summed E-state index contributed by atoms with van der Waals surface area (Å²) in [6.45, 7) is 0. The fraction of sp³-hybridized carbons (Fsp3) is 0. The number of nitrogens with zero attached hydrogens (tertiary/aromatic N) is 9. The smallest absolute Gasteiger partial charge is 0.167 e. The lowest BCUT2D eigenvalue weighted by Crippen LogP contribution is -2.02. The molecule has 29 aromatic rings. The molecule has 0 saturated carbocycles. The molecule has 0 atom stereocenters. The lowest BCUT2D eigenvalue weighted by molar-refractivity contribution is 0.669. The van der Waals surface area contributed by atoms with Crippen molar-refractivity contribution in [1.82, 2.24) is 44.9 Å². The van der Waals surface area contributed by atoms with Gasteiger partial charge in [-0.3, -0.25) is 0 Å². The van der Waals surface area contributed by atoms with Crippen molar-refractivity contribution in [2.75, 3.05) is 0 Å². The number of para-hydroxylation sites is 6. The first-order valence-corrected chi connectivity index (χ1v) is 49.9. The highest BCUT2D eigenvalue weighted by molar-refractivity contribution is 6.15. The quantitative estimate of drug-likeness (QED) is 0.0959. The normalized spacial score (nSPS) is 11.5. The van der Waals surface area contributed by atoms with E-state index in [1.807, 2.05) is 121 Å². The summed E-state index contributed by atoms with van der Waals surface area (Å²) in [5.74, 6) is 5.31. The van der Waals surface area contributed by atoms with Gasteiger partial charge in [0.05, 0.1) is 16.7 Å². The number of hydrogen-bond acceptors (Lipinski definition) is 12. The van der Waals surface area contributed by atoms with E-state index in [2.05, 4.69) is 394 Å². The maximum absolute atomic E-state index is 6.49. The summed E-state index contributed by atoms with van der Waals surface area (Å²) in [5.41, 5.74) is 26.4. The van der Waals surface area contributed by atoms with Crippen LogP contribution in [0.2, 0.25) is 0 Å². The lowest BCUT2D eigenvalue weighted by Gasteiger charge is -2.15. The Kier molecular flexibility index (Phi) is 22.3. The van der Waals surface area contributed by atoms with Gasteiger partial charge in [0.1, 0.15) is 33.5 Å². The summed E-state index contributed by atoms with van der Waals surface area (Å²) in [7, 11) is 0. The number of furan rings is 3. The molecular formula is C137H85N9O3. The second-order valence-electron chi connectivity index (χ2n) is 37.1. The van der Waals surface area contributed by atoms with Gasteiger partial charge < -0.3 is 13.3 Å². The predicted octanol–water partition coefficient (Wildman–Crippen LogP) is 36.1. The van der Waals surface area contributed by atoms with E-state index < -0.39 is 0 Å². The fourth-order valence-corrected chi connectivity index (χ4v) is 21.3. The van der Waals surface area contributed by atoms with Crippen molar-refractivity contribution in [3.63, 3.8) is 0 Å². The van der Waals surface area contributed by atoms with Gasteiger partial charge in [-0.15, -0.1) is 0 Å². The Morgan fingerprint density at radius 1 is 0.107 bits per heavy atom. The Bertz CT molecular complexity index is 10300. The third-order valence-electron chi connectivity index (χ3n) is 28.3. The largest absolute Gasteiger partial charge is 0.455 e. The van der Waals surface area contributed by atoms with Crippen molar-refractivity contribution in [3.05, 3.63) is 516 Å². The minimum atomic E-state index is 0.560. The number of hydrogen-bond donors (Lipinski definition) is 0. The van der Waals surface area contributed by atoms with E-state index in [0.29, 0.717) is 52.4 Å². The summed E-state index contributed by atoms with van der Waals surface area (Å²) < 4.78 is 19.4. The topological polar surface area (TPSA) is 155 Å². The van der Waals surface area contributed by atoms with E-state index in [1.54, 1.807) is 0 Å². The monoisotopic (exact) mass is 1900 g/mol. The average molecular weight is 1910 g/mol. The first-order chi connectivity index (χ1) is 73.9. The van der Waals surface area contributed by atoms with Gasteiger partial charge in [0, 0.05) is 65.7 Å². The van der Waals surface area contributed by atoms with Crippen molar-refractivity contribution in [2.24, 2.45) is 0 Å². The minimum absolute atomic E-state index is 0.560. The van der Waals surface area contributed by atoms with Gasteiger partial charge in [-0.25, -0.2) is 44.9 Å². The lowest BCUT2D eigenvalue weighted by atomic mass is 9.92.